The SMILES string of the molecule is O=C(CCC1CCN(CCCC(=O)C2CCCC2)CC1)c1cccc(C(F)(F)F)c1. The van der Waals surface area contributed by atoms with Crippen molar-refractivity contribution < 1.29 is 22.8 Å². The smallest absolute Gasteiger partial charge is 0.303 e. The summed E-state index contributed by atoms with van der Waals surface area (Å²) < 4.78 is 38.5. The highest BCUT2D eigenvalue weighted by Crippen LogP contribution is 2.30. The molecule has 1 saturated heterocycles. The monoisotopic (exact) mass is 423 g/mol. The first-order valence-corrected chi connectivity index (χ1v) is 11.3. The van der Waals surface area contributed by atoms with E-state index < -0.39 is 11.7 Å². The van der Waals surface area contributed by atoms with E-state index in [9.17, 15) is 22.8 Å². The molecule has 3 rings (SSSR count). The zero-order chi connectivity index (χ0) is 21.6. The van der Waals surface area contributed by atoms with E-state index >= 15 is 0 Å². The fourth-order valence-electron chi connectivity index (χ4n) is 4.78. The van der Waals surface area contributed by atoms with Crippen molar-refractivity contribution in [2.75, 3.05) is 19.6 Å². The van der Waals surface area contributed by atoms with Crippen molar-refractivity contribution in [1.29, 1.82) is 0 Å². The van der Waals surface area contributed by atoms with Crippen molar-refractivity contribution >= 4 is 11.6 Å². The molecule has 1 saturated carbocycles. The molecule has 0 aromatic heterocycles. The number of carbonyl (C=O) groups is 2. The lowest BCUT2D eigenvalue weighted by molar-refractivity contribution is -0.137. The van der Waals surface area contributed by atoms with E-state index in [1.165, 1.54) is 25.0 Å². The van der Waals surface area contributed by atoms with Gasteiger partial charge in [0.1, 0.15) is 5.78 Å². The third kappa shape index (κ3) is 6.66. The molecule has 0 spiro atoms. The van der Waals surface area contributed by atoms with Gasteiger partial charge in [0.15, 0.2) is 5.78 Å². The molecule has 1 aromatic rings. The molecule has 166 valence electrons. The number of piperidine rings is 1. The van der Waals surface area contributed by atoms with E-state index in [2.05, 4.69) is 4.90 Å². The number of benzene rings is 1. The van der Waals surface area contributed by atoms with Gasteiger partial charge < -0.3 is 4.90 Å². The maximum Gasteiger partial charge on any atom is 0.416 e. The molecule has 0 amide bonds. The lowest BCUT2D eigenvalue weighted by Gasteiger charge is -2.32. The van der Waals surface area contributed by atoms with Crippen molar-refractivity contribution in [3.05, 3.63) is 35.4 Å². The standard InChI is InChI=1S/C24H32F3NO2/c25-24(26,27)21-8-3-7-20(17-21)23(30)11-10-18-12-15-28(16-13-18)14-4-9-22(29)19-5-1-2-6-19/h3,7-8,17-19H,1-2,4-6,9-16H2. The fraction of sp³-hybridized carbons (Fsp3) is 0.667. The largest absolute Gasteiger partial charge is 0.416 e. The lowest BCUT2D eigenvalue weighted by Crippen LogP contribution is -2.34. The van der Waals surface area contributed by atoms with Gasteiger partial charge >= 0.3 is 6.18 Å². The summed E-state index contributed by atoms with van der Waals surface area (Å²) >= 11 is 0. The summed E-state index contributed by atoms with van der Waals surface area (Å²) in [5.41, 5.74) is -0.623. The first kappa shape index (κ1) is 23.0. The summed E-state index contributed by atoms with van der Waals surface area (Å²) in [5, 5.41) is 0. The summed E-state index contributed by atoms with van der Waals surface area (Å²) in [5.74, 6) is 0.977. The van der Waals surface area contributed by atoms with Gasteiger partial charge in [-0.15, -0.1) is 0 Å². The molecular formula is C24H32F3NO2. The lowest BCUT2D eigenvalue weighted by atomic mass is 9.90. The number of nitrogens with zero attached hydrogens (tertiary/aromatic N) is 1. The number of Topliss-reactive ketones (excluding diaryl/α,β-unsaturated/α-hetero) is 2. The average Bonchev–Trinajstić information content (AvgIpc) is 3.27. The van der Waals surface area contributed by atoms with Gasteiger partial charge in [0.05, 0.1) is 5.56 Å². The molecule has 1 aromatic carbocycles. The fourth-order valence-corrected chi connectivity index (χ4v) is 4.78. The molecule has 30 heavy (non-hydrogen) atoms. The number of carbonyl (C=O) groups excluding carboxylic acids is 2. The van der Waals surface area contributed by atoms with E-state index in [0.717, 1.165) is 70.3 Å². The highest BCUT2D eigenvalue weighted by atomic mass is 19.4. The number of rotatable bonds is 9. The third-order valence-corrected chi connectivity index (χ3v) is 6.71. The molecule has 0 unspecified atom stereocenters. The van der Waals surface area contributed by atoms with E-state index in [0.29, 0.717) is 30.5 Å². The van der Waals surface area contributed by atoms with Crippen LogP contribution in [0.3, 0.4) is 0 Å². The topological polar surface area (TPSA) is 37.4 Å². The minimum absolute atomic E-state index is 0.147. The van der Waals surface area contributed by atoms with Crippen LogP contribution in [-0.2, 0) is 11.0 Å². The number of alkyl halides is 3. The predicted octanol–water partition coefficient (Wildman–Crippen LogP) is 5.92. The van der Waals surface area contributed by atoms with E-state index in [1.54, 1.807) is 0 Å². The van der Waals surface area contributed by atoms with Gasteiger partial charge in [-0.2, -0.15) is 13.2 Å². The molecule has 2 aliphatic rings. The Bertz CT molecular complexity index is 717. The molecule has 0 N–H and O–H groups in total. The molecule has 0 radical (unpaired) electrons. The Labute approximate surface area is 177 Å². The van der Waals surface area contributed by atoms with Crippen molar-refractivity contribution in [1.82, 2.24) is 4.90 Å². The van der Waals surface area contributed by atoms with Gasteiger partial charge in [0, 0.05) is 24.3 Å². The molecule has 1 heterocycles. The first-order chi connectivity index (χ1) is 14.3. The van der Waals surface area contributed by atoms with Crippen molar-refractivity contribution in [3.63, 3.8) is 0 Å². The van der Waals surface area contributed by atoms with E-state index in [-0.39, 0.29) is 11.3 Å². The van der Waals surface area contributed by atoms with E-state index in [1.807, 2.05) is 0 Å². The van der Waals surface area contributed by atoms with Gasteiger partial charge in [-0.05, 0) is 76.2 Å². The number of hydrogen-bond acceptors (Lipinski definition) is 3. The first-order valence-electron chi connectivity index (χ1n) is 11.3. The van der Waals surface area contributed by atoms with Crippen molar-refractivity contribution in [2.45, 2.75) is 70.4 Å². The van der Waals surface area contributed by atoms with Crippen LogP contribution in [-0.4, -0.2) is 36.1 Å². The Morgan fingerprint density at radius 2 is 1.70 bits per heavy atom. The van der Waals surface area contributed by atoms with Crippen molar-refractivity contribution in [3.8, 4) is 0 Å². The molecule has 0 bridgehead atoms. The number of ketones is 2. The molecule has 6 heteroatoms. The summed E-state index contributed by atoms with van der Waals surface area (Å²) in [7, 11) is 0. The highest BCUT2D eigenvalue weighted by molar-refractivity contribution is 5.96. The van der Waals surface area contributed by atoms with Gasteiger partial charge in [-0.1, -0.05) is 25.0 Å². The third-order valence-electron chi connectivity index (χ3n) is 6.71. The number of hydrogen-bond donors (Lipinski definition) is 0. The van der Waals surface area contributed by atoms with Crippen LogP contribution in [0.25, 0.3) is 0 Å². The molecule has 1 aliphatic carbocycles. The van der Waals surface area contributed by atoms with Gasteiger partial charge in [-0.3, -0.25) is 9.59 Å². The maximum absolute atomic E-state index is 12.8. The van der Waals surface area contributed by atoms with Crippen LogP contribution in [0, 0.1) is 11.8 Å². The van der Waals surface area contributed by atoms with Crippen LogP contribution in [0.15, 0.2) is 24.3 Å². The van der Waals surface area contributed by atoms with Crippen LogP contribution in [0.5, 0.6) is 0 Å². The molecular weight excluding hydrogens is 391 g/mol. The molecule has 1 aliphatic heterocycles. The minimum Gasteiger partial charge on any atom is -0.303 e. The second-order valence-corrected chi connectivity index (χ2v) is 8.88. The van der Waals surface area contributed by atoms with Crippen LogP contribution >= 0.6 is 0 Å². The number of halogens is 3. The second kappa shape index (κ2) is 10.6. The van der Waals surface area contributed by atoms with Crippen LogP contribution in [0.4, 0.5) is 13.2 Å². The summed E-state index contributed by atoms with van der Waals surface area (Å²) in [6, 6.07) is 4.71. The normalized spacial score (nSPS) is 19.3. The second-order valence-electron chi connectivity index (χ2n) is 8.88. The summed E-state index contributed by atoms with van der Waals surface area (Å²) in [6.07, 6.45) is 4.76. The maximum atomic E-state index is 12.8. The molecule has 2 fully saturated rings. The minimum atomic E-state index is -4.43. The summed E-state index contributed by atoms with van der Waals surface area (Å²) in [4.78, 5) is 26.9. The Kier molecular flexibility index (Phi) is 8.09. The molecule has 3 nitrogen and oxygen atoms in total. The van der Waals surface area contributed by atoms with Crippen LogP contribution in [0.1, 0.15) is 80.1 Å². The van der Waals surface area contributed by atoms with Crippen molar-refractivity contribution in [2.24, 2.45) is 11.8 Å². The predicted molar refractivity (Wildman–Crippen MR) is 110 cm³/mol. The molecule has 0 atom stereocenters. The Morgan fingerprint density at radius 1 is 1.00 bits per heavy atom. The summed E-state index contributed by atoms with van der Waals surface area (Å²) in [6.45, 7) is 2.90. The van der Waals surface area contributed by atoms with Gasteiger partial charge in [-0.25, -0.2) is 0 Å². The average molecular weight is 424 g/mol. The van der Waals surface area contributed by atoms with Crippen LogP contribution < -0.4 is 0 Å². The zero-order valence-corrected chi connectivity index (χ0v) is 17.6. The van der Waals surface area contributed by atoms with Crippen LogP contribution in [0.2, 0.25) is 0 Å². The van der Waals surface area contributed by atoms with E-state index in [4.69, 9.17) is 0 Å². The van der Waals surface area contributed by atoms with Gasteiger partial charge in [0.2, 0.25) is 0 Å². The highest BCUT2D eigenvalue weighted by Gasteiger charge is 2.31. The Balaban J connectivity index is 1.34. The Morgan fingerprint density at radius 3 is 2.37 bits per heavy atom. The quantitative estimate of drug-likeness (QED) is 0.463. The number of likely N-dealkylation sites (tertiary alicyclic amines) is 1. The Hall–Kier alpha value is -1.69. The van der Waals surface area contributed by atoms with Gasteiger partial charge in [0.25, 0.3) is 0 Å². The zero-order valence-electron chi connectivity index (χ0n) is 17.6.